The van der Waals surface area contributed by atoms with E-state index in [1.807, 2.05) is 32.0 Å². The number of carbonyl (C=O) groups excluding carboxylic acids is 2. The first-order valence-corrected chi connectivity index (χ1v) is 9.89. The lowest BCUT2D eigenvalue weighted by molar-refractivity contribution is -0.132. The van der Waals surface area contributed by atoms with Gasteiger partial charge in [0.25, 0.3) is 0 Å². The Morgan fingerprint density at radius 1 is 1.04 bits per heavy atom. The van der Waals surface area contributed by atoms with Gasteiger partial charge in [0, 0.05) is 13.2 Å². The van der Waals surface area contributed by atoms with E-state index < -0.39 is 0 Å². The molecule has 0 N–H and O–H groups in total. The molecule has 0 atom stereocenters. The first-order valence-electron chi connectivity index (χ1n) is 9.36. The number of amides is 2. The van der Waals surface area contributed by atoms with E-state index in [1.54, 1.807) is 9.80 Å². The van der Waals surface area contributed by atoms with Crippen LogP contribution in [0.2, 0.25) is 0 Å². The number of nitrogens with zero attached hydrogens (tertiary/aromatic N) is 2. The summed E-state index contributed by atoms with van der Waals surface area (Å²) in [6.45, 7) is 9.63. The Balaban J connectivity index is 3.15. The van der Waals surface area contributed by atoms with Crippen molar-refractivity contribution in [2.24, 2.45) is 0 Å². The van der Waals surface area contributed by atoms with E-state index >= 15 is 0 Å². The zero-order valence-corrected chi connectivity index (χ0v) is 17.1. The van der Waals surface area contributed by atoms with Gasteiger partial charge in [-0.1, -0.05) is 32.0 Å². The Labute approximate surface area is 162 Å². The summed E-state index contributed by atoms with van der Waals surface area (Å²) in [5, 5.41) is 0. The predicted molar refractivity (Wildman–Crippen MR) is 107 cm³/mol. The van der Waals surface area contributed by atoms with Crippen LogP contribution in [0.3, 0.4) is 0 Å². The maximum absolute atomic E-state index is 12.6. The molecule has 1 aromatic rings. The zero-order chi connectivity index (χ0) is 19.5. The van der Waals surface area contributed by atoms with Gasteiger partial charge in [0.2, 0.25) is 11.8 Å². The van der Waals surface area contributed by atoms with Crippen molar-refractivity contribution < 1.29 is 14.3 Å². The number of hydrogen-bond acceptors (Lipinski definition) is 3. The lowest BCUT2D eigenvalue weighted by atomic mass is 10.0. The van der Waals surface area contributed by atoms with Gasteiger partial charge in [-0.05, 0) is 37.8 Å². The van der Waals surface area contributed by atoms with Gasteiger partial charge in [0.1, 0.15) is 12.5 Å². The molecule has 0 aliphatic heterocycles. The number of ether oxygens (including phenoxy) is 1. The molecule has 0 aromatic heterocycles. The summed E-state index contributed by atoms with van der Waals surface area (Å²) in [6.07, 6.45) is 1.92. The molecule has 0 heterocycles. The van der Waals surface area contributed by atoms with Crippen LogP contribution in [0.1, 0.15) is 45.2 Å². The molecular weight excluding hydrogens is 352 g/mol. The highest BCUT2D eigenvalue weighted by atomic mass is 35.5. The Kier molecular flexibility index (Phi) is 10.3. The largest absolute Gasteiger partial charge is 0.381 e. The van der Waals surface area contributed by atoms with Crippen LogP contribution in [0.5, 0.6) is 0 Å². The Morgan fingerprint density at radius 2 is 1.65 bits per heavy atom. The van der Waals surface area contributed by atoms with Crippen LogP contribution in [0.4, 0.5) is 5.69 Å². The van der Waals surface area contributed by atoms with Crippen LogP contribution >= 0.6 is 11.6 Å². The number of alkyl halides is 1. The number of benzene rings is 1. The summed E-state index contributed by atoms with van der Waals surface area (Å²) in [5.41, 5.74) is 3.06. The van der Waals surface area contributed by atoms with Crippen LogP contribution in [0.25, 0.3) is 0 Å². The summed E-state index contributed by atoms with van der Waals surface area (Å²) in [7, 11) is 0. The second kappa shape index (κ2) is 11.9. The molecular formula is C20H31ClN2O3. The minimum Gasteiger partial charge on any atom is -0.381 e. The van der Waals surface area contributed by atoms with Crippen molar-refractivity contribution in [1.29, 1.82) is 0 Å². The van der Waals surface area contributed by atoms with Crippen LogP contribution < -0.4 is 4.90 Å². The Hall–Kier alpha value is -1.59. The van der Waals surface area contributed by atoms with Crippen molar-refractivity contribution in [2.75, 3.05) is 37.2 Å². The normalized spacial score (nSPS) is 10.7. The molecule has 0 saturated carbocycles. The molecule has 146 valence electrons. The SMILES string of the molecule is CCOCCC(=O)N(CC)CN(C(=O)CCl)c1c(CC)cccc1CC. The van der Waals surface area contributed by atoms with E-state index in [4.69, 9.17) is 16.3 Å². The van der Waals surface area contributed by atoms with Crippen LogP contribution in [-0.2, 0) is 27.2 Å². The first-order chi connectivity index (χ1) is 12.5. The van der Waals surface area contributed by atoms with Gasteiger partial charge in [-0.25, -0.2) is 0 Å². The second-order valence-corrected chi connectivity index (χ2v) is 6.19. The van der Waals surface area contributed by atoms with E-state index in [0.717, 1.165) is 29.7 Å². The lowest BCUT2D eigenvalue weighted by Crippen LogP contribution is -2.46. The van der Waals surface area contributed by atoms with Gasteiger partial charge in [0.15, 0.2) is 0 Å². The van der Waals surface area contributed by atoms with Gasteiger partial charge in [0.05, 0.1) is 18.7 Å². The quantitative estimate of drug-likeness (QED) is 0.333. The fourth-order valence-electron chi connectivity index (χ4n) is 2.90. The minimum atomic E-state index is -0.196. The first kappa shape index (κ1) is 22.5. The molecule has 0 fully saturated rings. The minimum absolute atomic E-state index is 0.0275. The molecule has 2 amide bonds. The highest BCUT2D eigenvalue weighted by Crippen LogP contribution is 2.28. The molecule has 1 rings (SSSR count). The molecule has 6 heteroatoms. The van der Waals surface area contributed by atoms with Crippen LogP contribution in [0.15, 0.2) is 18.2 Å². The maximum atomic E-state index is 12.6. The van der Waals surface area contributed by atoms with Crippen molar-refractivity contribution in [2.45, 2.75) is 47.0 Å². The molecule has 0 spiro atoms. The third-order valence-corrected chi connectivity index (χ3v) is 4.59. The molecule has 5 nitrogen and oxygen atoms in total. The van der Waals surface area contributed by atoms with Crippen molar-refractivity contribution in [1.82, 2.24) is 4.90 Å². The average molecular weight is 383 g/mol. The third-order valence-electron chi connectivity index (χ3n) is 4.36. The highest BCUT2D eigenvalue weighted by Gasteiger charge is 2.24. The molecule has 0 radical (unpaired) electrons. The van der Waals surface area contributed by atoms with E-state index in [1.165, 1.54) is 0 Å². The summed E-state index contributed by atoms with van der Waals surface area (Å²) in [5.74, 6) is -0.343. The van der Waals surface area contributed by atoms with E-state index in [-0.39, 0.29) is 24.4 Å². The summed E-state index contributed by atoms with van der Waals surface area (Å²) in [4.78, 5) is 28.5. The number of halogens is 1. The van der Waals surface area contributed by atoms with Gasteiger partial charge in [-0.15, -0.1) is 11.6 Å². The predicted octanol–water partition coefficient (Wildman–Crippen LogP) is 3.62. The van der Waals surface area contributed by atoms with Crippen molar-refractivity contribution in [3.8, 4) is 0 Å². The lowest BCUT2D eigenvalue weighted by Gasteiger charge is -2.32. The molecule has 0 aliphatic rings. The number of carbonyl (C=O) groups is 2. The fraction of sp³-hybridized carbons (Fsp3) is 0.600. The molecule has 0 aliphatic carbocycles. The van der Waals surface area contributed by atoms with Crippen molar-refractivity contribution in [3.63, 3.8) is 0 Å². The van der Waals surface area contributed by atoms with Gasteiger partial charge in [-0.3, -0.25) is 14.5 Å². The Bertz CT molecular complexity index is 570. The molecule has 0 saturated heterocycles. The van der Waals surface area contributed by atoms with Crippen LogP contribution in [-0.4, -0.2) is 49.0 Å². The summed E-state index contributed by atoms with van der Waals surface area (Å²) in [6, 6.07) is 6.06. The number of para-hydroxylation sites is 1. The fourth-order valence-corrected chi connectivity index (χ4v) is 3.04. The maximum Gasteiger partial charge on any atom is 0.243 e. The average Bonchev–Trinajstić information content (AvgIpc) is 2.67. The smallest absolute Gasteiger partial charge is 0.243 e. The monoisotopic (exact) mass is 382 g/mol. The molecule has 1 aromatic carbocycles. The van der Waals surface area contributed by atoms with Gasteiger partial charge >= 0.3 is 0 Å². The van der Waals surface area contributed by atoms with Gasteiger partial charge in [-0.2, -0.15) is 0 Å². The van der Waals surface area contributed by atoms with E-state index in [2.05, 4.69) is 13.8 Å². The molecule has 0 bridgehead atoms. The summed E-state index contributed by atoms with van der Waals surface area (Å²) >= 11 is 5.88. The number of rotatable bonds is 11. The van der Waals surface area contributed by atoms with E-state index in [9.17, 15) is 9.59 Å². The van der Waals surface area contributed by atoms with Crippen molar-refractivity contribution >= 4 is 29.1 Å². The second-order valence-electron chi connectivity index (χ2n) is 5.93. The van der Waals surface area contributed by atoms with Crippen LogP contribution in [0, 0.1) is 0 Å². The number of anilines is 1. The molecule has 26 heavy (non-hydrogen) atoms. The topological polar surface area (TPSA) is 49.9 Å². The zero-order valence-electron chi connectivity index (χ0n) is 16.4. The Morgan fingerprint density at radius 3 is 2.12 bits per heavy atom. The molecule has 0 unspecified atom stereocenters. The highest BCUT2D eigenvalue weighted by molar-refractivity contribution is 6.29. The number of aryl methyl sites for hydroxylation is 2. The van der Waals surface area contributed by atoms with Gasteiger partial charge < -0.3 is 9.64 Å². The van der Waals surface area contributed by atoms with Crippen molar-refractivity contribution in [3.05, 3.63) is 29.3 Å². The number of hydrogen-bond donors (Lipinski definition) is 0. The third kappa shape index (κ3) is 5.99. The standard InChI is InChI=1S/C20H31ClN2O3/c1-5-16-10-9-11-17(6-2)20(16)23(19(25)14-21)15-22(7-3)18(24)12-13-26-8-4/h9-11H,5-8,12-15H2,1-4H3. The van der Waals surface area contributed by atoms with E-state index in [0.29, 0.717) is 26.2 Å². The summed E-state index contributed by atoms with van der Waals surface area (Å²) < 4.78 is 5.28.